The van der Waals surface area contributed by atoms with Crippen LogP contribution in [0.5, 0.6) is 5.75 Å². The molecule has 7 heteroatoms. The zero-order valence-corrected chi connectivity index (χ0v) is 12.0. The third-order valence-corrected chi connectivity index (χ3v) is 2.52. The number of amides is 1. The smallest absolute Gasteiger partial charge is 0.387 e. The van der Waals surface area contributed by atoms with Crippen LogP contribution in [0.25, 0.3) is 0 Å². The molecule has 1 amide bonds. The van der Waals surface area contributed by atoms with Crippen molar-refractivity contribution < 1.29 is 18.3 Å². The highest BCUT2D eigenvalue weighted by Gasteiger charge is 2.10. The Morgan fingerprint density at radius 1 is 1.45 bits per heavy atom. The van der Waals surface area contributed by atoms with Crippen molar-refractivity contribution in [3.8, 4) is 5.75 Å². The standard InChI is InChI=1S/C13H18F2N2O2.ClH/c1-9-4-5-11(19-13(14)15)10(7-9)8-17-12(18)3-2-6-16;/h4-5,7,13H,2-3,6,8,16H2,1H3,(H,17,18);1H. The quantitative estimate of drug-likeness (QED) is 0.813. The lowest BCUT2D eigenvalue weighted by Crippen LogP contribution is -2.23. The van der Waals surface area contributed by atoms with Crippen molar-refractivity contribution in [3.63, 3.8) is 0 Å². The fourth-order valence-electron chi connectivity index (χ4n) is 1.60. The van der Waals surface area contributed by atoms with Gasteiger partial charge in [0.1, 0.15) is 5.75 Å². The summed E-state index contributed by atoms with van der Waals surface area (Å²) in [6.07, 6.45) is 0.924. The van der Waals surface area contributed by atoms with Gasteiger partial charge in [0, 0.05) is 18.5 Å². The van der Waals surface area contributed by atoms with Crippen molar-refractivity contribution in [2.75, 3.05) is 6.54 Å². The number of nitrogens with one attached hydrogen (secondary N) is 1. The van der Waals surface area contributed by atoms with Gasteiger partial charge in [-0.05, 0) is 26.0 Å². The minimum atomic E-state index is -2.88. The van der Waals surface area contributed by atoms with Gasteiger partial charge in [-0.3, -0.25) is 4.79 Å². The maximum Gasteiger partial charge on any atom is 0.387 e. The lowest BCUT2D eigenvalue weighted by atomic mass is 10.1. The van der Waals surface area contributed by atoms with Crippen molar-refractivity contribution in [1.29, 1.82) is 0 Å². The number of benzene rings is 1. The maximum atomic E-state index is 12.2. The molecule has 0 aliphatic heterocycles. The second kappa shape index (κ2) is 9.50. The minimum absolute atomic E-state index is 0. The summed E-state index contributed by atoms with van der Waals surface area (Å²) in [5.41, 5.74) is 6.74. The molecule has 0 atom stereocenters. The van der Waals surface area contributed by atoms with Gasteiger partial charge in [-0.1, -0.05) is 17.7 Å². The Hall–Kier alpha value is -1.40. The zero-order valence-electron chi connectivity index (χ0n) is 11.2. The minimum Gasteiger partial charge on any atom is -0.434 e. The SMILES string of the molecule is Cc1ccc(OC(F)F)c(CNC(=O)CCCN)c1.Cl. The molecule has 1 aromatic carbocycles. The van der Waals surface area contributed by atoms with Crippen LogP contribution in [0.1, 0.15) is 24.0 Å². The first-order chi connectivity index (χ1) is 9.02. The van der Waals surface area contributed by atoms with Crippen molar-refractivity contribution in [2.24, 2.45) is 5.73 Å². The normalized spacial score (nSPS) is 10.1. The number of aryl methyl sites for hydroxylation is 1. The predicted octanol–water partition coefficient (Wildman–Crippen LogP) is 2.37. The molecular formula is C13H19ClF2N2O2. The maximum absolute atomic E-state index is 12.2. The third kappa shape index (κ3) is 6.68. The molecule has 114 valence electrons. The lowest BCUT2D eigenvalue weighted by molar-refractivity contribution is -0.121. The average Bonchev–Trinajstić information content (AvgIpc) is 2.36. The van der Waals surface area contributed by atoms with E-state index >= 15 is 0 Å². The van der Waals surface area contributed by atoms with E-state index in [1.165, 1.54) is 6.07 Å². The number of halogens is 3. The van der Waals surface area contributed by atoms with Gasteiger partial charge in [0.25, 0.3) is 0 Å². The summed E-state index contributed by atoms with van der Waals surface area (Å²) in [5, 5.41) is 2.66. The topological polar surface area (TPSA) is 64.3 Å². The van der Waals surface area contributed by atoms with Crippen LogP contribution in [0.3, 0.4) is 0 Å². The first-order valence-electron chi connectivity index (χ1n) is 6.04. The fourth-order valence-corrected chi connectivity index (χ4v) is 1.60. The van der Waals surface area contributed by atoms with E-state index < -0.39 is 6.61 Å². The van der Waals surface area contributed by atoms with Crippen LogP contribution in [-0.4, -0.2) is 19.1 Å². The van der Waals surface area contributed by atoms with Gasteiger partial charge in [0.15, 0.2) is 0 Å². The number of hydrogen-bond acceptors (Lipinski definition) is 3. The van der Waals surface area contributed by atoms with Crippen molar-refractivity contribution >= 4 is 18.3 Å². The zero-order chi connectivity index (χ0) is 14.3. The van der Waals surface area contributed by atoms with Crippen LogP contribution in [0.4, 0.5) is 8.78 Å². The lowest BCUT2D eigenvalue weighted by Gasteiger charge is -2.12. The number of alkyl halides is 2. The van der Waals surface area contributed by atoms with Gasteiger partial charge in [0.05, 0.1) is 0 Å². The van der Waals surface area contributed by atoms with E-state index in [-0.39, 0.29) is 30.6 Å². The van der Waals surface area contributed by atoms with Crippen molar-refractivity contribution in [3.05, 3.63) is 29.3 Å². The summed E-state index contributed by atoms with van der Waals surface area (Å²) in [6, 6.07) is 4.86. The molecule has 0 aliphatic carbocycles. The Morgan fingerprint density at radius 2 is 2.15 bits per heavy atom. The molecular weight excluding hydrogens is 290 g/mol. The second-order valence-corrected chi connectivity index (χ2v) is 4.16. The molecule has 0 saturated carbocycles. The van der Waals surface area contributed by atoms with Gasteiger partial charge in [-0.25, -0.2) is 0 Å². The van der Waals surface area contributed by atoms with Crippen LogP contribution in [0, 0.1) is 6.92 Å². The van der Waals surface area contributed by atoms with Crippen molar-refractivity contribution in [2.45, 2.75) is 32.9 Å². The Morgan fingerprint density at radius 3 is 2.75 bits per heavy atom. The van der Waals surface area contributed by atoms with Crippen LogP contribution < -0.4 is 15.8 Å². The van der Waals surface area contributed by atoms with Gasteiger partial charge in [-0.15, -0.1) is 12.4 Å². The number of hydrogen-bond donors (Lipinski definition) is 2. The van der Waals surface area contributed by atoms with E-state index in [0.29, 0.717) is 24.9 Å². The fraction of sp³-hybridized carbons (Fsp3) is 0.462. The van der Waals surface area contributed by atoms with E-state index in [9.17, 15) is 13.6 Å². The largest absolute Gasteiger partial charge is 0.434 e. The van der Waals surface area contributed by atoms with E-state index in [1.807, 2.05) is 6.92 Å². The molecule has 1 rings (SSSR count). The Kier molecular flexibility index (Phi) is 8.83. The van der Waals surface area contributed by atoms with E-state index in [0.717, 1.165) is 5.56 Å². The van der Waals surface area contributed by atoms with Crippen molar-refractivity contribution in [1.82, 2.24) is 5.32 Å². The van der Waals surface area contributed by atoms with E-state index in [4.69, 9.17) is 5.73 Å². The Balaban J connectivity index is 0.00000361. The molecule has 0 bridgehead atoms. The highest BCUT2D eigenvalue weighted by molar-refractivity contribution is 5.85. The number of ether oxygens (including phenoxy) is 1. The van der Waals surface area contributed by atoms with Gasteiger partial charge in [-0.2, -0.15) is 8.78 Å². The Labute approximate surface area is 123 Å². The number of carbonyl (C=O) groups excluding carboxylic acids is 1. The molecule has 1 aromatic rings. The van der Waals surface area contributed by atoms with Crippen LogP contribution in [0.15, 0.2) is 18.2 Å². The summed E-state index contributed by atoms with van der Waals surface area (Å²) in [6.45, 7) is -0.439. The molecule has 0 radical (unpaired) electrons. The third-order valence-electron chi connectivity index (χ3n) is 2.52. The molecule has 0 saturated heterocycles. The number of nitrogens with two attached hydrogens (primary N) is 1. The van der Waals surface area contributed by atoms with Crippen LogP contribution >= 0.6 is 12.4 Å². The summed E-state index contributed by atoms with van der Waals surface area (Å²) >= 11 is 0. The molecule has 4 nitrogen and oxygen atoms in total. The van der Waals surface area contributed by atoms with Crippen LogP contribution in [0.2, 0.25) is 0 Å². The first kappa shape index (κ1) is 18.6. The monoisotopic (exact) mass is 308 g/mol. The first-order valence-corrected chi connectivity index (χ1v) is 6.04. The molecule has 0 aliphatic rings. The molecule has 0 heterocycles. The number of carbonyl (C=O) groups is 1. The van der Waals surface area contributed by atoms with Gasteiger partial charge >= 0.3 is 6.61 Å². The van der Waals surface area contributed by atoms with E-state index in [2.05, 4.69) is 10.1 Å². The van der Waals surface area contributed by atoms with Crippen LogP contribution in [-0.2, 0) is 11.3 Å². The summed E-state index contributed by atoms with van der Waals surface area (Å²) in [5.74, 6) is -0.0744. The molecule has 0 spiro atoms. The molecule has 3 N–H and O–H groups in total. The molecule has 0 unspecified atom stereocenters. The molecule has 0 fully saturated rings. The summed E-state index contributed by atoms with van der Waals surface area (Å²) < 4.78 is 28.9. The second-order valence-electron chi connectivity index (χ2n) is 4.16. The molecule has 0 aromatic heterocycles. The van der Waals surface area contributed by atoms with Gasteiger partial charge in [0.2, 0.25) is 5.91 Å². The van der Waals surface area contributed by atoms with E-state index in [1.54, 1.807) is 12.1 Å². The van der Waals surface area contributed by atoms with Gasteiger partial charge < -0.3 is 15.8 Å². The highest BCUT2D eigenvalue weighted by atomic mass is 35.5. The summed E-state index contributed by atoms with van der Waals surface area (Å²) in [4.78, 5) is 11.4. The predicted molar refractivity (Wildman–Crippen MR) is 75.2 cm³/mol. The average molecular weight is 309 g/mol. The Bertz CT molecular complexity index is 431. The number of rotatable bonds is 7. The molecule has 20 heavy (non-hydrogen) atoms. The summed E-state index contributed by atoms with van der Waals surface area (Å²) in [7, 11) is 0. The highest BCUT2D eigenvalue weighted by Crippen LogP contribution is 2.21.